The van der Waals surface area contributed by atoms with Crippen LogP contribution in [-0.4, -0.2) is 42.3 Å². The third-order valence-electron chi connectivity index (χ3n) is 2.89. The van der Waals surface area contributed by atoms with E-state index in [0.29, 0.717) is 13.0 Å². The second-order valence-electron chi connectivity index (χ2n) is 4.65. The average molecular weight is 295 g/mol. The monoisotopic (exact) mass is 295 g/mol. The number of nitrogens with one attached hydrogen (secondary N) is 1. The number of rotatable bonds is 6. The molecule has 0 radical (unpaired) electrons. The second kappa shape index (κ2) is 6.04. The molecule has 2 rings (SSSR count). The molecular weight excluding hydrogens is 278 g/mol. The summed E-state index contributed by atoms with van der Waals surface area (Å²) in [5, 5.41) is 2.70. The lowest BCUT2D eigenvalue weighted by Gasteiger charge is -2.04. The molecule has 108 valence electrons. The van der Waals surface area contributed by atoms with Crippen LogP contribution in [0.2, 0.25) is 0 Å². The first-order valence-electron chi connectivity index (χ1n) is 6.31. The van der Waals surface area contributed by atoms with Gasteiger partial charge in [-0.05, 0) is 12.1 Å². The Morgan fingerprint density at radius 2 is 2.20 bits per heavy atom. The van der Waals surface area contributed by atoms with E-state index in [0.717, 1.165) is 17.6 Å². The first-order valence-corrected chi connectivity index (χ1v) is 8.37. The number of nitrogens with zero attached hydrogens (tertiary/aromatic N) is 2. The fourth-order valence-electron chi connectivity index (χ4n) is 1.86. The number of pyridine rings is 1. The SMILES string of the molecule is CS(=O)(=O)CCC(=O)NCCc1ncc2ccccn12. The lowest BCUT2D eigenvalue weighted by atomic mass is 10.3. The predicted molar refractivity (Wildman–Crippen MR) is 76.2 cm³/mol. The van der Waals surface area contributed by atoms with E-state index in [1.54, 1.807) is 6.20 Å². The van der Waals surface area contributed by atoms with Crippen LogP contribution in [0.1, 0.15) is 12.2 Å². The van der Waals surface area contributed by atoms with Gasteiger partial charge in [0.25, 0.3) is 0 Å². The van der Waals surface area contributed by atoms with Crippen molar-refractivity contribution in [3.63, 3.8) is 0 Å². The largest absolute Gasteiger partial charge is 0.356 e. The molecule has 1 N–H and O–H groups in total. The molecule has 0 unspecified atom stereocenters. The smallest absolute Gasteiger partial charge is 0.221 e. The van der Waals surface area contributed by atoms with Crippen molar-refractivity contribution in [1.82, 2.24) is 14.7 Å². The van der Waals surface area contributed by atoms with Gasteiger partial charge in [0.2, 0.25) is 5.91 Å². The molecule has 2 aromatic heterocycles. The van der Waals surface area contributed by atoms with E-state index < -0.39 is 9.84 Å². The molecule has 0 atom stereocenters. The van der Waals surface area contributed by atoms with Crippen molar-refractivity contribution in [2.75, 3.05) is 18.6 Å². The summed E-state index contributed by atoms with van der Waals surface area (Å²) in [5.41, 5.74) is 1.01. The molecule has 0 saturated heterocycles. The van der Waals surface area contributed by atoms with E-state index >= 15 is 0 Å². The van der Waals surface area contributed by atoms with Crippen LogP contribution in [0.5, 0.6) is 0 Å². The Morgan fingerprint density at radius 1 is 1.40 bits per heavy atom. The summed E-state index contributed by atoms with van der Waals surface area (Å²) < 4.78 is 23.9. The highest BCUT2D eigenvalue weighted by molar-refractivity contribution is 7.90. The number of sulfone groups is 1. The summed E-state index contributed by atoms with van der Waals surface area (Å²) in [6, 6.07) is 5.82. The van der Waals surface area contributed by atoms with Gasteiger partial charge < -0.3 is 9.72 Å². The van der Waals surface area contributed by atoms with Crippen LogP contribution < -0.4 is 5.32 Å². The molecule has 0 saturated carbocycles. The number of imidazole rings is 1. The molecule has 0 spiro atoms. The number of hydrogen-bond acceptors (Lipinski definition) is 4. The molecule has 0 fully saturated rings. The Morgan fingerprint density at radius 3 is 2.95 bits per heavy atom. The van der Waals surface area contributed by atoms with Crippen molar-refractivity contribution in [1.29, 1.82) is 0 Å². The zero-order chi connectivity index (χ0) is 14.6. The maximum Gasteiger partial charge on any atom is 0.221 e. The summed E-state index contributed by atoms with van der Waals surface area (Å²) in [5.74, 6) is 0.491. The third-order valence-corrected chi connectivity index (χ3v) is 3.83. The van der Waals surface area contributed by atoms with E-state index in [2.05, 4.69) is 10.3 Å². The van der Waals surface area contributed by atoms with Crippen LogP contribution >= 0.6 is 0 Å². The van der Waals surface area contributed by atoms with Crippen LogP contribution in [0.25, 0.3) is 5.52 Å². The highest BCUT2D eigenvalue weighted by atomic mass is 32.2. The Hall–Kier alpha value is -1.89. The van der Waals surface area contributed by atoms with Gasteiger partial charge in [-0.15, -0.1) is 0 Å². The zero-order valence-electron chi connectivity index (χ0n) is 11.2. The molecule has 6 nitrogen and oxygen atoms in total. The van der Waals surface area contributed by atoms with E-state index in [1.807, 2.05) is 28.8 Å². The van der Waals surface area contributed by atoms with Gasteiger partial charge in [-0.25, -0.2) is 13.4 Å². The fourth-order valence-corrected chi connectivity index (χ4v) is 2.42. The van der Waals surface area contributed by atoms with Crippen LogP contribution in [0.4, 0.5) is 0 Å². The lowest BCUT2D eigenvalue weighted by Crippen LogP contribution is -2.27. The molecule has 0 aliphatic carbocycles. The quantitative estimate of drug-likeness (QED) is 0.838. The van der Waals surface area contributed by atoms with Crippen LogP contribution in [-0.2, 0) is 21.1 Å². The number of carbonyl (C=O) groups is 1. The third kappa shape index (κ3) is 4.06. The predicted octanol–water partition coefficient (Wildman–Crippen LogP) is 0.428. The Kier molecular flexibility index (Phi) is 4.39. The van der Waals surface area contributed by atoms with Crippen LogP contribution in [0.15, 0.2) is 30.6 Å². The number of carbonyl (C=O) groups excluding carboxylic acids is 1. The summed E-state index contributed by atoms with van der Waals surface area (Å²) in [4.78, 5) is 15.8. The molecule has 0 aliphatic rings. The molecule has 20 heavy (non-hydrogen) atoms. The minimum atomic E-state index is -3.09. The van der Waals surface area contributed by atoms with Crippen molar-refractivity contribution >= 4 is 21.3 Å². The first kappa shape index (κ1) is 14.5. The van der Waals surface area contributed by atoms with Gasteiger partial charge in [0.1, 0.15) is 15.7 Å². The van der Waals surface area contributed by atoms with E-state index in [-0.39, 0.29) is 18.1 Å². The zero-order valence-corrected chi connectivity index (χ0v) is 12.1. The maximum atomic E-state index is 11.5. The number of aromatic nitrogens is 2. The van der Waals surface area contributed by atoms with Gasteiger partial charge in [0, 0.05) is 31.8 Å². The topological polar surface area (TPSA) is 80.5 Å². The van der Waals surface area contributed by atoms with Crippen LogP contribution in [0.3, 0.4) is 0 Å². The van der Waals surface area contributed by atoms with Gasteiger partial charge in [-0.2, -0.15) is 0 Å². The number of amides is 1. The molecule has 0 bridgehead atoms. The summed E-state index contributed by atoms with van der Waals surface area (Å²) in [7, 11) is -3.09. The van der Waals surface area contributed by atoms with Gasteiger partial charge >= 0.3 is 0 Å². The van der Waals surface area contributed by atoms with Crippen molar-refractivity contribution in [3.05, 3.63) is 36.4 Å². The maximum absolute atomic E-state index is 11.5. The lowest BCUT2D eigenvalue weighted by molar-refractivity contribution is -0.120. The molecular formula is C13H17N3O3S. The van der Waals surface area contributed by atoms with Gasteiger partial charge in [0.15, 0.2) is 0 Å². The number of hydrogen-bond donors (Lipinski definition) is 1. The van der Waals surface area contributed by atoms with Crippen molar-refractivity contribution in [2.24, 2.45) is 0 Å². The van der Waals surface area contributed by atoms with E-state index in [9.17, 15) is 13.2 Å². The minimum absolute atomic E-state index is 0.00116. The molecule has 7 heteroatoms. The van der Waals surface area contributed by atoms with Crippen LogP contribution in [0, 0.1) is 0 Å². The van der Waals surface area contributed by atoms with Gasteiger partial charge in [-0.1, -0.05) is 6.07 Å². The Labute approximate surface area is 117 Å². The van der Waals surface area contributed by atoms with Crippen molar-refractivity contribution in [2.45, 2.75) is 12.8 Å². The average Bonchev–Trinajstić information content (AvgIpc) is 2.79. The second-order valence-corrected chi connectivity index (χ2v) is 6.91. The summed E-state index contributed by atoms with van der Waals surface area (Å²) in [6.07, 6.45) is 5.42. The first-order chi connectivity index (χ1) is 9.46. The Bertz CT molecular complexity index is 706. The van der Waals surface area contributed by atoms with Gasteiger partial charge in [0.05, 0.1) is 17.5 Å². The Balaban J connectivity index is 1.83. The van der Waals surface area contributed by atoms with Gasteiger partial charge in [-0.3, -0.25) is 4.79 Å². The van der Waals surface area contributed by atoms with E-state index in [1.165, 1.54) is 0 Å². The highest BCUT2D eigenvalue weighted by Gasteiger charge is 2.08. The molecule has 0 aromatic carbocycles. The van der Waals surface area contributed by atoms with Crippen molar-refractivity contribution in [3.8, 4) is 0 Å². The molecule has 0 aliphatic heterocycles. The molecule has 2 aromatic rings. The summed E-state index contributed by atoms with van der Waals surface area (Å²) in [6.45, 7) is 0.441. The fraction of sp³-hybridized carbons (Fsp3) is 0.385. The molecule has 2 heterocycles. The van der Waals surface area contributed by atoms with Crippen molar-refractivity contribution < 1.29 is 13.2 Å². The standard InChI is InChI=1S/C13H17N3O3S/c1-20(18,19)9-6-13(17)14-7-5-12-15-10-11-4-2-3-8-16(11)12/h2-4,8,10H,5-7,9H2,1H3,(H,14,17). The summed E-state index contributed by atoms with van der Waals surface area (Å²) >= 11 is 0. The normalized spacial score (nSPS) is 11.7. The highest BCUT2D eigenvalue weighted by Crippen LogP contribution is 2.06. The molecule has 1 amide bonds. The minimum Gasteiger partial charge on any atom is -0.356 e. The number of fused-ring (bicyclic) bond motifs is 1. The van der Waals surface area contributed by atoms with E-state index in [4.69, 9.17) is 0 Å².